The topological polar surface area (TPSA) is 70.2 Å². The standard InChI is InChI=1S/C12H4Cl5NO3/c13-6-5(7(14)9(16)10(17)8(6)15)3-1-2-4(19)18-11(3)12(20)21/h1-2H,(H,18,19)(H,20,21). The van der Waals surface area contributed by atoms with Crippen LogP contribution in [0.4, 0.5) is 0 Å². The van der Waals surface area contributed by atoms with E-state index in [9.17, 15) is 14.7 Å². The van der Waals surface area contributed by atoms with Gasteiger partial charge in [-0.25, -0.2) is 4.79 Å². The van der Waals surface area contributed by atoms with Gasteiger partial charge in [0.2, 0.25) is 5.56 Å². The molecule has 2 aromatic rings. The maximum atomic E-state index is 11.3. The lowest BCUT2D eigenvalue weighted by Gasteiger charge is -2.14. The zero-order valence-electron chi connectivity index (χ0n) is 9.81. The van der Waals surface area contributed by atoms with Crippen LogP contribution in [0.3, 0.4) is 0 Å². The molecule has 110 valence electrons. The van der Waals surface area contributed by atoms with Gasteiger partial charge in [0, 0.05) is 17.2 Å². The maximum Gasteiger partial charge on any atom is 0.353 e. The summed E-state index contributed by atoms with van der Waals surface area (Å²) in [7, 11) is 0. The molecule has 0 spiro atoms. The Labute approximate surface area is 143 Å². The van der Waals surface area contributed by atoms with Crippen molar-refractivity contribution in [2.75, 3.05) is 0 Å². The molecule has 0 amide bonds. The molecule has 21 heavy (non-hydrogen) atoms. The molecule has 0 fully saturated rings. The summed E-state index contributed by atoms with van der Waals surface area (Å²) in [6.45, 7) is 0. The molecule has 0 atom stereocenters. The Hall–Kier alpha value is -0.910. The lowest BCUT2D eigenvalue weighted by Crippen LogP contribution is -2.13. The Morgan fingerprint density at radius 2 is 1.38 bits per heavy atom. The molecule has 9 heteroatoms. The van der Waals surface area contributed by atoms with Crippen LogP contribution in [0.1, 0.15) is 10.5 Å². The number of pyridine rings is 1. The van der Waals surface area contributed by atoms with E-state index >= 15 is 0 Å². The zero-order valence-corrected chi connectivity index (χ0v) is 13.6. The van der Waals surface area contributed by atoms with E-state index in [0.29, 0.717) is 0 Å². The minimum atomic E-state index is -1.36. The molecule has 0 aliphatic rings. The van der Waals surface area contributed by atoms with Gasteiger partial charge in [0.1, 0.15) is 5.69 Å². The average Bonchev–Trinajstić information content (AvgIpc) is 2.44. The quantitative estimate of drug-likeness (QED) is 0.562. The largest absolute Gasteiger partial charge is 0.477 e. The second-order valence-corrected chi connectivity index (χ2v) is 5.75. The van der Waals surface area contributed by atoms with Crippen LogP contribution in [0.2, 0.25) is 25.1 Å². The number of hydrogen-bond donors (Lipinski definition) is 2. The summed E-state index contributed by atoms with van der Waals surface area (Å²) < 4.78 is 0. The first-order valence-corrected chi connectivity index (χ1v) is 7.13. The lowest BCUT2D eigenvalue weighted by molar-refractivity contribution is 0.0691. The van der Waals surface area contributed by atoms with E-state index in [1.54, 1.807) is 0 Å². The van der Waals surface area contributed by atoms with Crippen molar-refractivity contribution in [3.63, 3.8) is 0 Å². The Bertz CT molecular complexity index is 786. The van der Waals surface area contributed by atoms with E-state index in [-0.39, 0.29) is 41.9 Å². The normalized spacial score (nSPS) is 10.7. The molecule has 4 nitrogen and oxygen atoms in total. The molecule has 2 rings (SSSR count). The minimum absolute atomic E-state index is 0.0432. The summed E-state index contributed by atoms with van der Waals surface area (Å²) >= 11 is 29.9. The van der Waals surface area contributed by atoms with Gasteiger partial charge in [-0.3, -0.25) is 4.79 Å². The molecule has 0 radical (unpaired) electrons. The van der Waals surface area contributed by atoms with E-state index in [1.807, 2.05) is 0 Å². The van der Waals surface area contributed by atoms with Crippen LogP contribution in [0.25, 0.3) is 11.1 Å². The monoisotopic (exact) mass is 385 g/mol. The van der Waals surface area contributed by atoms with Gasteiger partial charge in [0.15, 0.2) is 0 Å². The molecule has 1 aromatic carbocycles. The molecule has 0 saturated carbocycles. The van der Waals surface area contributed by atoms with Crippen molar-refractivity contribution in [3.8, 4) is 11.1 Å². The fourth-order valence-corrected chi connectivity index (χ4v) is 3.03. The first-order valence-electron chi connectivity index (χ1n) is 5.24. The van der Waals surface area contributed by atoms with Gasteiger partial charge in [-0.15, -0.1) is 0 Å². The van der Waals surface area contributed by atoms with Crippen LogP contribution in [0, 0.1) is 0 Å². The van der Waals surface area contributed by atoms with Gasteiger partial charge in [0.25, 0.3) is 0 Å². The lowest BCUT2D eigenvalue weighted by atomic mass is 10.0. The minimum Gasteiger partial charge on any atom is -0.477 e. The van der Waals surface area contributed by atoms with Gasteiger partial charge < -0.3 is 10.1 Å². The second kappa shape index (κ2) is 6.07. The number of H-pyrrole nitrogens is 1. The Kier molecular flexibility index (Phi) is 4.76. The molecule has 0 aliphatic heterocycles. The van der Waals surface area contributed by atoms with Gasteiger partial charge in [-0.1, -0.05) is 58.0 Å². The highest BCUT2D eigenvalue weighted by molar-refractivity contribution is 6.56. The van der Waals surface area contributed by atoms with Gasteiger partial charge in [-0.05, 0) is 6.07 Å². The van der Waals surface area contributed by atoms with Crippen LogP contribution in [-0.4, -0.2) is 16.1 Å². The van der Waals surface area contributed by atoms with E-state index in [1.165, 1.54) is 6.07 Å². The van der Waals surface area contributed by atoms with E-state index in [0.717, 1.165) is 6.07 Å². The number of benzene rings is 1. The number of aromatic nitrogens is 1. The first-order chi connectivity index (χ1) is 9.75. The third-order valence-corrected chi connectivity index (χ3v) is 4.89. The third-order valence-electron chi connectivity index (χ3n) is 2.61. The average molecular weight is 387 g/mol. The smallest absolute Gasteiger partial charge is 0.353 e. The van der Waals surface area contributed by atoms with Gasteiger partial charge >= 0.3 is 5.97 Å². The fourth-order valence-electron chi connectivity index (χ4n) is 1.69. The molecule has 0 bridgehead atoms. The third kappa shape index (κ3) is 2.87. The van der Waals surface area contributed by atoms with Crippen LogP contribution in [0.5, 0.6) is 0 Å². The van der Waals surface area contributed by atoms with Crippen LogP contribution < -0.4 is 5.56 Å². The van der Waals surface area contributed by atoms with Gasteiger partial charge in [-0.2, -0.15) is 0 Å². The second-order valence-electron chi connectivity index (χ2n) is 3.86. The molecule has 0 saturated heterocycles. The number of hydrogen-bond acceptors (Lipinski definition) is 2. The molecule has 0 unspecified atom stereocenters. The molecular formula is C12H4Cl5NO3. The number of carboxylic acids is 1. The van der Waals surface area contributed by atoms with Crippen molar-refractivity contribution in [1.29, 1.82) is 0 Å². The van der Waals surface area contributed by atoms with Crippen molar-refractivity contribution >= 4 is 64.0 Å². The van der Waals surface area contributed by atoms with Crippen LogP contribution >= 0.6 is 58.0 Å². The summed E-state index contributed by atoms with van der Waals surface area (Å²) in [5, 5.41) is 8.88. The van der Waals surface area contributed by atoms with E-state index in [4.69, 9.17) is 58.0 Å². The van der Waals surface area contributed by atoms with Crippen molar-refractivity contribution in [3.05, 3.63) is 53.3 Å². The number of aromatic amines is 1. The number of aromatic carboxylic acids is 1. The number of carbonyl (C=O) groups is 1. The molecule has 0 aliphatic carbocycles. The fraction of sp³-hybridized carbons (Fsp3) is 0. The Morgan fingerprint density at radius 3 is 1.86 bits per heavy atom. The Balaban J connectivity index is 2.92. The summed E-state index contributed by atoms with van der Waals surface area (Å²) in [6.07, 6.45) is 0. The number of carboxylic acid groups (broad SMARTS) is 1. The van der Waals surface area contributed by atoms with Crippen LogP contribution in [-0.2, 0) is 0 Å². The van der Waals surface area contributed by atoms with Crippen molar-refractivity contribution in [1.82, 2.24) is 4.98 Å². The van der Waals surface area contributed by atoms with Crippen molar-refractivity contribution in [2.24, 2.45) is 0 Å². The predicted molar refractivity (Wildman–Crippen MR) is 84.5 cm³/mol. The van der Waals surface area contributed by atoms with Gasteiger partial charge in [0.05, 0.1) is 25.1 Å². The number of halogens is 5. The summed E-state index contributed by atoms with van der Waals surface area (Å²) in [6, 6.07) is 2.39. The highest BCUT2D eigenvalue weighted by Crippen LogP contribution is 2.48. The molecule has 1 aromatic heterocycles. The van der Waals surface area contributed by atoms with Crippen molar-refractivity contribution in [2.45, 2.75) is 0 Å². The summed E-state index contributed by atoms with van der Waals surface area (Å²) in [5.41, 5.74) is -0.834. The molecular weight excluding hydrogens is 383 g/mol. The maximum absolute atomic E-state index is 11.3. The number of nitrogens with one attached hydrogen (secondary N) is 1. The molecule has 2 N–H and O–H groups in total. The first kappa shape index (κ1) is 16.5. The summed E-state index contributed by atoms with van der Waals surface area (Å²) in [5.74, 6) is -1.36. The SMILES string of the molecule is O=C(O)c1[nH]c(=O)ccc1-c1c(Cl)c(Cl)c(Cl)c(Cl)c1Cl. The highest BCUT2D eigenvalue weighted by Gasteiger charge is 2.24. The Morgan fingerprint density at radius 1 is 0.905 bits per heavy atom. The van der Waals surface area contributed by atoms with E-state index < -0.39 is 11.5 Å². The zero-order chi connectivity index (χ0) is 15.9. The predicted octanol–water partition coefficient (Wildman–Crippen LogP) is 5.01. The van der Waals surface area contributed by atoms with Crippen molar-refractivity contribution < 1.29 is 9.90 Å². The number of rotatable bonds is 2. The molecule has 1 heterocycles. The van der Waals surface area contributed by atoms with Crippen LogP contribution in [0.15, 0.2) is 16.9 Å². The highest BCUT2D eigenvalue weighted by atomic mass is 35.5. The summed E-state index contributed by atoms with van der Waals surface area (Å²) in [4.78, 5) is 24.7. The van der Waals surface area contributed by atoms with E-state index in [2.05, 4.69) is 4.98 Å².